The molecule has 2 atom stereocenters. The molecule has 4 rings (SSSR count). The van der Waals surface area contributed by atoms with Crippen molar-refractivity contribution in [3.8, 4) is 6.07 Å². The van der Waals surface area contributed by atoms with Gasteiger partial charge in [-0.3, -0.25) is 53.4 Å². The summed E-state index contributed by atoms with van der Waals surface area (Å²) in [6.07, 6.45) is 1.78. The number of benzene rings is 1. The maximum absolute atomic E-state index is 13.6. The third kappa shape index (κ3) is 16.1. The third-order valence-electron chi connectivity index (χ3n) is 9.67. The summed E-state index contributed by atoms with van der Waals surface area (Å²) in [4.78, 5) is 91.6. The highest BCUT2D eigenvalue weighted by Crippen LogP contribution is 2.31. The van der Waals surface area contributed by atoms with Crippen molar-refractivity contribution in [2.75, 3.05) is 91.0 Å². The van der Waals surface area contributed by atoms with Crippen LogP contribution in [0.5, 0.6) is 0 Å². The molecule has 328 valence electrons. The molecule has 0 radical (unpaired) electrons. The highest BCUT2D eigenvalue weighted by Gasteiger charge is 2.45. The van der Waals surface area contributed by atoms with Crippen LogP contribution in [0.2, 0.25) is 0 Å². The summed E-state index contributed by atoms with van der Waals surface area (Å²) in [5.74, 6) is -7.15. The first-order valence-corrected chi connectivity index (χ1v) is 19.2. The zero-order chi connectivity index (χ0) is 44.2. The number of hydrogen-bond donors (Lipinski definition) is 7. The number of nitriles is 1. The Balaban J connectivity index is 0.000000340. The van der Waals surface area contributed by atoms with Crippen molar-refractivity contribution in [2.45, 2.75) is 50.1 Å². The number of halogens is 2. The van der Waals surface area contributed by atoms with E-state index >= 15 is 0 Å². The van der Waals surface area contributed by atoms with Crippen molar-refractivity contribution < 1.29 is 57.7 Å². The number of carbonyl (C=O) groups excluding carboxylic acids is 4. The fraction of sp³-hybridized carbons (Fsp3) is 0.553. The Hall–Kier alpha value is -5.73. The van der Waals surface area contributed by atoms with Crippen molar-refractivity contribution in [3.63, 3.8) is 0 Å². The van der Waals surface area contributed by atoms with E-state index in [9.17, 15) is 47.4 Å². The Bertz CT molecular complexity index is 1840. The van der Waals surface area contributed by atoms with E-state index in [1.807, 2.05) is 6.07 Å². The van der Waals surface area contributed by atoms with Crippen LogP contribution in [0, 0.1) is 11.3 Å². The van der Waals surface area contributed by atoms with Gasteiger partial charge in [-0.1, -0.05) is 12.1 Å². The molecule has 2 unspecified atom stereocenters. The SMILES string of the molecule is CNCCNC(=O)CCC(=O)Nc1cccc2c(C(=O)NCN3CC(F)(F)CC3C#N)ccnc12.O=CCCC(C(=O)O)N1CCN(CC(=O)O)CCN(CC(=O)O)CC1. The van der Waals surface area contributed by atoms with Crippen LogP contribution in [0.25, 0.3) is 10.9 Å². The number of likely N-dealkylation sites (tertiary alicyclic amines) is 1. The zero-order valence-electron chi connectivity index (χ0n) is 33.3. The van der Waals surface area contributed by atoms with E-state index in [-0.39, 0.29) is 62.8 Å². The Labute approximate surface area is 344 Å². The number of aromatic nitrogens is 1. The fourth-order valence-electron chi connectivity index (χ4n) is 6.63. The van der Waals surface area contributed by atoms with Gasteiger partial charge in [-0.2, -0.15) is 5.26 Å². The zero-order valence-corrected chi connectivity index (χ0v) is 33.3. The second-order valence-corrected chi connectivity index (χ2v) is 14.2. The summed E-state index contributed by atoms with van der Waals surface area (Å²) >= 11 is 0. The molecular formula is C38H52F2N10O10. The molecular weight excluding hydrogens is 794 g/mol. The number of carbonyl (C=O) groups is 7. The molecule has 20 nitrogen and oxygen atoms in total. The van der Waals surface area contributed by atoms with Crippen LogP contribution in [0.4, 0.5) is 14.5 Å². The third-order valence-corrected chi connectivity index (χ3v) is 9.67. The number of fused-ring (bicyclic) bond motifs is 1. The van der Waals surface area contributed by atoms with E-state index in [0.29, 0.717) is 75.2 Å². The number of rotatable bonds is 19. The van der Waals surface area contributed by atoms with Gasteiger partial charge in [0, 0.05) is 89.6 Å². The van der Waals surface area contributed by atoms with Crippen LogP contribution in [-0.4, -0.2) is 186 Å². The maximum atomic E-state index is 13.6. The predicted octanol–water partition coefficient (Wildman–Crippen LogP) is -0.283. The van der Waals surface area contributed by atoms with Crippen LogP contribution < -0.4 is 21.3 Å². The molecule has 1 aromatic carbocycles. The Morgan fingerprint density at radius 2 is 1.57 bits per heavy atom. The van der Waals surface area contributed by atoms with E-state index in [1.165, 1.54) is 17.2 Å². The number of anilines is 1. The molecule has 60 heavy (non-hydrogen) atoms. The molecule has 2 aromatic rings. The highest BCUT2D eigenvalue weighted by molar-refractivity contribution is 6.10. The summed E-state index contributed by atoms with van der Waals surface area (Å²) in [5, 5.41) is 47.9. The lowest BCUT2D eigenvalue weighted by atomic mass is 10.1. The normalized spacial score (nSPS) is 18.0. The minimum atomic E-state index is -2.98. The first kappa shape index (κ1) is 48.6. The molecule has 0 bridgehead atoms. The lowest BCUT2D eigenvalue weighted by Gasteiger charge is -2.30. The van der Waals surface area contributed by atoms with E-state index in [2.05, 4.69) is 26.3 Å². The lowest BCUT2D eigenvalue weighted by Crippen LogP contribution is -2.47. The molecule has 2 fully saturated rings. The summed E-state index contributed by atoms with van der Waals surface area (Å²) in [6.45, 7) is 2.06. The van der Waals surface area contributed by atoms with Crippen molar-refractivity contribution >= 4 is 58.5 Å². The molecule has 2 aliphatic heterocycles. The fourth-order valence-corrected chi connectivity index (χ4v) is 6.63. The van der Waals surface area contributed by atoms with Gasteiger partial charge in [0.05, 0.1) is 49.1 Å². The molecule has 1 aromatic heterocycles. The molecule has 0 spiro atoms. The van der Waals surface area contributed by atoms with Gasteiger partial charge >= 0.3 is 17.9 Å². The van der Waals surface area contributed by atoms with Crippen LogP contribution in [0.1, 0.15) is 42.5 Å². The van der Waals surface area contributed by atoms with Crippen LogP contribution in [0.3, 0.4) is 0 Å². The molecule has 3 amide bonds. The van der Waals surface area contributed by atoms with E-state index in [0.717, 1.165) is 0 Å². The van der Waals surface area contributed by atoms with E-state index in [1.54, 1.807) is 39.9 Å². The maximum Gasteiger partial charge on any atom is 0.320 e. The van der Waals surface area contributed by atoms with Gasteiger partial charge in [0.2, 0.25) is 11.8 Å². The molecule has 2 saturated heterocycles. The van der Waals surface area contributed by atoms with Crippen LogP contribution >= 0.6 is 0 Å². The number of nitrogens with zero attached hydrogens (tertiary/aromatic N) is 6. The van der Waals surface area contributed by atoms with Gasteiger partial charge < -0.3 is 41.4 Å². The molecule has 0 saturated carbocycles. The van der Waals surface area contributed by atoms with Crippen LogP contribution in [0.15, 0.2) is 30.5 Å². The number of amides is 3. The topological polar surface area (TPSA) is 278 Å². The number of aldehydes is 1. The number of alkyl halides is 2. The first-order valence-electron chi connectivity index (χ1n) is 19.2. The standard InChI is InChI=1S/C23H27F2N7O3.C15H25N3O7/c1-27-9-10-28-19(33)5-6-20(34)31-18-4-2-3-16-17(7-8-29-21(16)18)22(35)30-14-32-13-23(24,25)11-15(32)12-26;19-9-1-2-12(15(24)25)18-7-5-16(10-13(20)21)3-4-17(6-8-18)11-14(22)23/h2-4,7-8,15,27H,5-6,9-11,13-14H2,1H3,(H,28,33)(H,30,35)(H,31,34);9,12H,1-8,10-11H2,(H,20,21)(H,22,23)(H,24,25). The molecule has 7 N–H and O–H groups in total. The number of hydrogen-bond acceptors (Lipinski definition) is 14. The molecule has 3 heterocycles. The smallest absolute Gasteiger partial charge is 0.320 e. The minimum Gasteiger partial charge on any atom is -0.480 e. The van der Waals surface area contributed by atoms with E-state index < -0.39 is 54.8 Å². The number of aliphatic carboxylic acids is 3. The number of carboxylic acid groups (broad SMARTS) is 3. The largest absolute Gasteiger partial charge is 0.480 e. The molecule has 22 heteroatoms. The van der Waals surface area contributed by atoms with Gasteiger partial charge in [0.25, 0.3) is 11.8 Å². The molecule has 2 aliphatic rings. The predicted molar refractivity (Wildman–Crippen MR) is 211 cm³/mol. The first-order chi connectivity index (χ1) is 28.6. The number of pyridine rings is 1. The molecule has 0 aliphatic carbocycles. The number of para-hydroxylation sites is 1. The quantitative estimate of drug-likeness (QED) is 0.0707. The Morgan fingerprint density at radius 1 is 0.933 bits per heavy atom. The van der Waals surface area contributed by atoms with Crippen molar-refractivity contribution in [2.24, 2.45) is 0 Å². The Kier molecular flexibility index (Phi) is 19.8. The van der Waals surface area contributed by atoms with Gasteiger partial charge in [-0.25, -0.2) is 8.78 Å². The minimum absolute atomic E-state index is 0.0253. The summed E-state index contributed by atoms with van der Waals surface area (Å²) in [6, 6.07) is 6.41. The monoisotopic (exact) mass is 846 g/mol. The van der Waals surface area contributed by atoms with Gasteiger partial charge in [-0.05, 0) is 25.6 Å². The highest BCUT2D eigenvalue weighted by atomic mass is 19.3. The number of carboxylic acids is 3. The van der Waals surface area contributed by atoms with Crippen molar-refractivity contribution in [1.82, 2.24) is 40.5 Å². The number of nitrogens with one attached hydrogen (secondary N) is 4. The van der Waals surface area contributed by atoms with Crippen molar-refractivity contribution in [1.29, 1.82) is 5.26 Å². The second kappa shape index (κ2) is 24.4. The number of likely N-dealkylation sites (N-methyl/N-ethyl adjacent to an activating group) is 1. The van der Waals surface area contributed by atoms with Crippen LogP contribution in [-0.2, 0) is 28.8 Å². The summed E-state index contributed by atoms with van der Waals surface area (Å²) in [7, 11) is 1.77. The lowest BCUT2D eigenvalue weighted by molar-refractivity contribution is -0.144. The van der Waals surface area contributed by atoms with Crippen molar-refractivity contribution in [3.05, 3.63) is 36.0 Å². The summed E-state index contributed by atoms with van der Waals surface area (Å²) < 4.78 is 27.3. The summed E-state index contributed by atoms with van der Waals surface area (Å²) in [5.41, 5.74) is 0.991. The average Bonchev–Trinajstić information content (AvgIpc) is 3.55. The van der Waals surface area contributed by atoms with E-state index in [4.69, 9.17) is 15.5 Å². The van der Waals surface area contributed by atoms with Gasteiger partial charge in [-0.15, -0.1) is 0 Å². The second-order valence-electron chi connectivity index (χ2n) is 14.2. The average molecular weight is 847 g/mol. The Morgan fingerprint density at radius 3 is 2.15 bits per heavy atom. The van der Waals surface area contributed by atoms with Gasteiger partial charge in [0.15, 0.2) is 0 Å². The van der Waals surface area contributed by atoms with Gasteiger partial charge in [0.1, 0.15) is 18.4 Å².